The second-order valence-electron chi connectivity index (χ2n) is 5.74. The maximum Gasteiger partial charge on any atom is 0.240 e. The smallest absolute Gasteiger partial charge is 0.240 e. The molecule has 0 bridgehead atoms. The van der Waals surface area contributed by atoms with Crippen molar-refractivity contribution in [1.29, 1.82) is 0 Å². The lowest BCUT2D eigenvalue weighted by atomic mass is 10.1. The van der Waals surface area contributed by atoms with Crippen molar-refractivity contribution in [2.45, 2.75) is 39.3 Å². The molecule has 1 aromatic carbocycles. The van der Waals surface area contributed by atoms with Crippen molar-refractivity contribution in [2.75, 3.05) is 13.2 Å². The van der Waals surface area contributed by atoms with Crippen LogP contribution in [0.15, 0.2) is 18.5 Å². The first-order valence-corrected chi connectivity index (χ1v) is 7.44. The molecule has 5 heteroatoms. The number of carbonyl (C=O) groups excluding carboxylic acids is 1. The molecular weight excluding hydrogens is 266 g/mol. The molecule has 5 nitrogen and oxygen atoms in total. The Bertz CT molecular complexity index is 657. The van der Waals surface area contributed by atoms with E-state index < -0.39 is 0 Å². The summed E-state index contributed by atoms with van der Waals surface area (Å²) in [5.74, 6) is 0.00280. The first kappa shape index (κ1) is 14.1. The van der Waals surface area contributed by atoms with E-state index in [0.29, 0.717) is 13.1 Å². The number of aromatic nitrogens is 2. The predicted molar refractivity (Wildman–Crippen MR) is 81.2 cm³/mol. The molecule has 1 aromatic heterocycles. The number of amides is 1. The molecule has 0 unspecified atom stereocenters. The standard InChI is InChI=1S/C16H21N3O2/c1-11-6-14-15(7-12(11)2)19(10-18-14)9-16(20)17-8-13-4-3-5-21-13/h6-7,10,13H,3-5,8-9H2,1-2H3,(H,17,20)/t13-/m0/s1. The van der Waals surface area contributed by atoms with E-state index in [1.165, 1.54) is 11.1 Å². The Hall–Kier alpha value is -1.88. The zero-order chi connectivity index (χ0) is 14.8. The molecule has 1 atom stereocenters. The average molecular weight is 287 g/mol. The second kappa shape index (κ2) is 5.85. The summed E-state index contributed by atoms with van der Waals surface area (Å²) in [5, 5.41) is 2.94. The summed E-state index contributed by atoms with van der Waals surface area (Å²) in [6, 6.07) is 4.15. The number of nitrogens with one attached hydrogen (secondary N) is 1. The van der Waals surface area contributed by atoms with Gasteiger partial charge >= 0.3 is 0 Å². The highest BCUT2D eigenvalue weighted by atomic mass is 16.5. The first-order chi connectivity index (χ1) is 10.1. The number of aryl methyl sites for hydroxylation is 2. The number of ether oxygens (including phenoxy) is 1. The molecule has 0 spiro atoms. The van der Waals surface area contributed by atoms with Gasteiger partial charge in [-0.05, 0) is 49.9 Å². The molecule has 3 rings (SSSR count). The van der Waals surface area contributed by atoms with Crippen LogP contribution in [0.2, 0.25) is 0 Å². The fraction of sp³-hybridized carbons (Fsp3) is 0.500. The highest BCUT2D eigenvalue weighted by Crippen LogP contribution is 2.18. The number of hydrogen-bond donors (Lipinski definition) is 1. The fourth-order valence-electron chi connectivity index (χ4n) is 2.68. The average Bonchev–Trinajstić information content (AvgIpc) is 3.09. The maximum atomic E-state index is 12.0. The Kier molecular flexibility index (Phi) is 3.92. The monoisotopic (exact) mass is 287 g/mol. The molecule has 2 aromatic rings. The van der Waals surface area contributed by atoms with Gasteiger partial charge in [0.05, 0.1) is 23.5 Å². The van der Waals surface area contributed by atoms with E-state index in [-0.39, 0.29) is 12.0 Å². The van der Waals surface area contributed by atoms with Gasteiger partial charge in [-0.1, -0.05) is 0 Å². The zero-order valence-corrected chi connectivity index (χ0v) is 12.6. The van der Waals surface area contributed by atoms with Crippen LogP contribution < -0.4 is 5.32 Å². The van der Waals surface area contributed by atoms with Gasteiger partial charge in [0.2, 0.25) is 5.91 Å². The van der Waals surface area contributed by atoms with E-state index in [1.807, 2.05) is 4.57 Å². The summed E-state index contributed by atoms with van der Waals surface area (Å²) in [5.41, 5.74) is 4.37. The Morgan fingerprint density at radius 2 is 2.24 bits per heavy atom. The summed E-state index contributed by atoms with van der Waals surface area (Å²) in [6.45, 7) is 5.85. The van der Waals surface area contributed by atoms with Crippen LogP contribution in [0.1, 0.15) is 24.0 Å². The number of carbonyl (C=O) groups is 1. The molecule has 1 fully saturated rings. The van der Waals surface area contributed by atoms with E-state index in [0.717, 1.165) is 30.5 Å². The zero-order valence-electron chi connectivity index (χ0n) is 12.6. The highest BCUT2D eigenvalue weighted by molar-refractivity contribution is 5.81. The van der Waals surface area contributed by atoms with Crippen molar-refractivity contribution in [3.63, 3.8) is 0 Å². The normalized spacial score (nSPS) is 18.3. The van der Waals surface area contributed by atoms with Gasteiger partial charge in [-0.15, -0.1) is 0 Å². The van der Waals surface area contributed by atoms with Crippen molar-refractivity contribution in [2.24, 2.45) is 0 Å². The van der Waals surface area contributed by atoms with Crippen LogP contribution in [-0.2, 0) is 16.1 Å². The molecule has 21 heavy (non-hydrogen) atoms. The predicted octanol–water partition coefficient (Wildman–Crippen LogP) is 1.95. The van der Waals surface area contributed by atoms with Crippen molar-refractivity contribution in [1.82, 2.24) is 14.9 Å². The summed E-state index contributed by atoms with van der Waals surface area (Å²) < 4.78 is 7.40. The quantitative estimate of drug-likeness (QED) is 0.935. The SMILES string of the molecule is Cc1cc2ncn(CC(=O)NC[C@@H]3CCCO3)c2cc1C. The van der Waals surface area contributed by atoms with Crippen LogP contribution in [0.3, 0.4) is 0 Å². The number of rotatable bonds is 4. The molecule has 0 saturated carbocycles. The van der Waals surface area contributed by atoms with Crippen LogP contribution in [0.5, 0.6) is 0 Å². The third kappa shape index (κ3) is 3.08. The molecule has 2 heterocycles. The lowest BCUT2D eigenvalue weighted by Gasteiger charge is -2.11. The van der Waals surface area contributed by atoms with Gasteiger partial charge in [0.25, 0.3) is 0 Å². The van der Waals surface area contributed by atoms with E-state index in [2.05, 4.69) is 36.3 Å². The number of fused-ring (bicyclic) bond motifs is 1. The van der Waals surface area contributed by atoms with E-state index in [4.69, 9.17) is 4.74 Å². The summed E-state index contributed by atoms with van der Waals surface area (Å²) in [4.78, 5) is 16.4. The van der Waals surface area contributed by atoms with Gasteiger partial charge in [0, 0.05) is 13.2 Å². The fourth-order valence-corrected chi connectivity index (χ4v) is 2.68. The van der Waals surface area contributed by atoms with E-state index in [9.17, 15) is 4.79 Å². The van der Waals surface area contributed by atoms with Gasteiger partial charge in [0.1, 0.15) is 6.54 Å². The minimum absolute atomic E-state index is 0.00280. The van der Waals surface area contributed by atoms with Crippen molar-refractivity contribution >= 4 is 16.9 Å². The molecule has 0 radical (unpaired) electrons. The van der Waals surface area contributed by atoms with Crippen LogP contribution in [0, 0.1) is 13.8 Å². The second-order valence-corrected chi connectivity index (χ2v) is 5.74. The summed E-state index contributed by atoms with van der Waals surface area (Å²) >= 11 is 0. The number of imidazole rings is 1. The number of nitrogens with zero attached hydrogens (tertiary/aromatic N) is 2. The van der Waals surface area contributed by atoms with Crippen molar-refractivity contribution in [3.8, 4) is 0 Å². The van der Waals surface area contributed by atoms with E-state index >= 15 is 0 Å². The van der Waals surface area contributed by atoms with Crippen LogP contribution in [-0.4, -0.2) is 34.7 Å². The van der Waals surface area contributed by atoms with Crippen molar-refractivity contribution < 1.29 is 9.53 Å². The lowest BCUT2D eigenvalue weighted by Crippen LogP contribution is -2.34. The number of hydrogen-bond acceptors (Lipinski definition) is 3. The summed E-state index contributed by atoms with van der Waals surface area (Å²) in [6.07, 6.45) is 4.03. The molecule has 0 aliphatic carbocycles. The highest BCUT2D eigenvalue weighted by Gasteiger charge is 2.16. The first-order valence-electron chi connectivity index (χ1n) is 7.44. The molecule has 1 N–H and O–H groups in total. The molecule has 1 saturated heterocycles. The topological polar surface area (TPSA) is 56.2 Å². The van der Waals surface area contributed by atoms with Crippen LogP contribution in [0.4, 0.5) is 0 Å². The van der Waals surface area contributed by atoms with Gasteiger partial charge in [-0.25, -0.2) is 4.98 Å². The van der Waals surface area contributed by atoms with Gasteiger partial charge in [-0.3, -0.25) is 4.79 Å². The lowest BCUT2D eigenvalue weighted by molar-refractivity contribution is -0.122. The Morgan fingerprint density at radius 3 is 3.00 bits per heavy atom. The van der Waals surface area contributed by atoms with Crippen LogP contribution >= 0.6 is 0 Å². The third-order valence-electron chi connectivity index (χ3n) is 4.10. The van der Waals surface area contributed by atoms with E-state index in [1.54, 1.807) is 6.33 Å². The van der Waals surface area contributed by atoms with Gasteiger partial charge in [0.15, 0.2) is 0 Å². The molecular formula is C16H21N3O2. The summed E-state index contributed by atoms with van der Waals surface area (Å²) in [7, 11) is 0. The molecule has 112 valence electrons. The third-order valence-corrected chi connectivity index (χ3v) is 4.10. The Morgan fingerprint density at radius 1 is 1.43 bits per heavy atom. The Labute approximate surface area is 124 Å². The molecule has 1 amide bonds. The molecule has 1 aliphatic heterocycles. The van der Waals surface area contributed by atoms with Gasteiger partial charge in [-0.2, -0.15) is 0 Å². The minimum atomic E-state index is 0.00280. The van der Waals surface area contributed by atoms with Gasteiger partial charge < -0.3 is 14.6 Å². The Balaban J connectivity index is 1.66. The minimum Gasteiger partial charge on any atom is -0.376 e. The molecule has 1 aliphatic rings. The largest absolute Gasteiger partial charge is 0.376 e. The maximum absolute atomic E-state index is 12.0. The number of benzene rings is 1. The van der Waals surface area contributed by atoms with Crippen molar-refractivity contribution in [3.05, 3.63) is 29.6 Å². The van der Waals surface area contributed by atoms with Crippen LogP contribution in [0.25, 0.3) is 11.0 Å².